The number of aliphatic hydroxyl groups excluding tert-OH is 1. The Morgan fingerprint density at radius 1 is 1.54 bits per heavy atom. The van der Waals surface area contributed by atoms with Crippen molar-refractivity contribution < 1.29 is 9.50 Å². The Morgan fingerprint density at radius 3 is 3.15 bits per heavy atom. The molecule has 0 aliphatic carbocycles. The Bertz CT molecular complexity index is 314. The minimum Gasteiger partial charge on any atom is -0.394 e. The molecule has 1 atom stereocenters. The Hall–Kier alpha value is -1.09. The first kappa shape index (κ1) is 8.51. The largest absolute Gasteiger partial charge is 0.394 e. The number of rotatable bonds is 1. The van der Waals surface area contributed by atoms with Crippen molar-refractivity contribution in [1.29, 1.82) is 0 Å². The molecule has 0 amide bonds. The summed E-state index contributed by atoms with van der Waals surface area (Å²) in [6.07, 6.45) is 1.71. The molecule has 1 unspecified atom stereocenters. The monoisotopic (exact) mass is 181 g/mol. The van der Waals surface area contributed by atoms with Gasteiger partial charge in [0.05, 0.1) is 6.61 Å². The minimum atomic E-state index is -0.192. The zero-order valence-corrected chi connectivity index (χ0v) is 7.26. The number of benzene rings is 1. The van der Waals surface area contributed by atoms with Gasteiger partial charge in [0.1, 0.15) is 5.82 Å². The number of nitrogens with one attached hydrogen (secondary N) is 1. The first-order chi connectivity index (χ1) is 6.29. The minimum absolute atomic E-state index is 0.123. The molecule has 0 bridgehead atoms. The van der Waals surface area contributed by atoms with Gasteiger partial charge in [0.25, 0.3) is 0 Å². The molecule has 0 spiro atoms. The Balaban J connectivity index is 2.26. The molecule has 0 saturated heterocycles. The second kappa shape index (κ2) is 3.34. The van der Waals surface area contributed by atoms with E-state index >= 15 is 0 Å². The second-order valence-corrected chi connectivity index (χ2v) is 3.36. The molecule has 0 aromatic heterocycles. The summed E-state index contributed by atoms with van der Waals surface area (Å²) in [4.78, 5) is 0. The Morgan fingerprint density at radius 2 is 2.38 bits per heavy atom. The third-order valence-corrected chi connectivity index (χ3v) is 2.41. The highest BCUT2D eigenvalue weighted by Gasteiger charge is 2.16. The lowest BCUT2D eigenvalue weighted by atomic mass is 9.98. The molecule has 0 radical (unpaired) electrons. The third-order valence-electron chi connectivity index (χ3n) is 2.41. The highest BCUT2D eigenvalue weighted by Crippen LogP contribution is 2.24. The number of aliphatic hydroxyl groups is 1. The van der Waals surface area contributed by atoms with Crippen molar-refractivity contribution in [2.24, 2.45) is 0 Å². The van der Waals surface area contributed by atoms with Crippen LogP contribution in [0.4, 0.5) is 10.1 Å². The highest BCUT2D eigenvalue weighted by atomic mass is 19.1. The van der Waals surface area contributed by atoms with Crippen molar-refractivity contribution in [1.82, 2.24) is 0 Å². The summed E-state index contributed by atoms with van der Waals surface area (Å²) in [5.41, 5.74) is 1.96. The topological polar surface area (TPSA) is 32.3 Å². The smallest absolute Gasteiger partial charge is 0.123 e. The van der Waals surface area contributed by atoms with Crippen LogP contribution in [0.2, 0.25) is 0 Å². The predicted molar refractivity (Wildman–Crippen MR) is 49.2 cm³/mol. The van der Waals surface area contributed by atoms with Gasteiger partial charge in [0.15, 0.2) is 0 Å². The van der Waals surface area contributed by atoms with Crippen molar-refractivity contribution >= 4 is 5.69 Å². The maximum Gasteiger partial charge on any atom is 0.123 e. The Kier molecular flexibility index (Phi) is 2.19. The highest BCUT2D eigenvalue weighted by molar-refractivity contribution is 5.53. The SMILES string of the molecule is OCC1CCc2cc(F)ccc2N1. The van der Waals surface area contributed by atoms with Gasteiger partial charge >= 0.3 is 0 Å². The summed E-state index contributed by atoms with van der Waals surface area (Å²) in [5.74, 6) is -0.192. The molecule has 2 N–H and O–H groups in total. The van der Waals surface area contributed by atoms with E-state index in [9.17, 15) is 4.39 Å². The molecule has 1 aliphatic heterocycles. The van der Waals surface area contributed by atoms with Crippen LogP contribution in [0, 0.1) is 5.82 Å². The van der Waals surface area contributed by atoms with E-state index in [1.54, 1.807) is 12.1 Å². The number of fused-ring (bicyclic) bond motifs is 1. The quantitative estimate of drug-likeness (QED) is 0.688. The van der Waals surface area contributed by atoms with E-state index in [0.29, 0.717) is 0 Å². The van der Waals surface area contributed by atoms with E-state index in [0.717, 1.165) is 24.1 Å². The molecule has 0 saturated carbocycles. The molecule has 70 valence electrons. The number of aryl methyl sites for hydroxylation is 1. The maximum absolute atomic E-state index is 12.8. The van der Waals surface area contributed by atoms with Crippen molar-refractivity contribution in [2.45, 2.75) is 18.9 Å². The van der Waals surface area contributed by atoms with Gasteiger partial charge in [-0.25, -0.2) is 4.39 Å². The van der Waals surface area contributed by atoms with Crippen LogP contribution < -0.4 is 5.32 Å². The number of hydrogen-bond donors (Lipinski definition) is 2. The van der Waals surface area contributed by atoms with E-state index in [-0.39, 0.29) is 18.5 Å². The molecule has 2 rings (SSSR count). The molecule has 0 fully saturated rings. The van der Waals surface area contributed by atoms with Gasteiger partial charge in [-0.15, -0.1) is 0 Å². The van der Waals surface area contributed by atoms with Crippen LogP contribution in [0.15, 0.2) is 18.2 Å². The lowest BCUT2D eigenvalue weighted by Gasteiger charge is -2.25. The molecule has 3 heteroatoms. The predicted octanol–water partition coefficient (Wildman–Crippen LogP) is 1.54. The summed E-state index contributed by atoms with van der Waals surface area (Å²) in [7, 11) is 0. The van der Waals surface area contributed by atoms with Crippen molar-refractivity contribution in [3.05, 3.63) is 29.6 Å². The van der Waals surface area contributed by atoms with E-state index < -0.39 is 0 Å². The second-order valence-electron chi connectivity index (χ2n) is 3.36. The molecular weight excluding hydrogens is 169 g/mol. The fourth-order valence-corrected chi connectivity index (χ4v) is 1.67. The van der Waals surface area contributed by atoms with Gasteiger partial charge in [0, 0.05) is 11.7 Å². The van der Waals surface area contributed by atoms with Gasteiger partial charge in [0.2, 0.25) is 0 Å². The first-order valence-electron chi connectivity index (χ1n) is 4.45. The third kappa shape index (κ3) is 1.65. The van der Waals surface area contributed by atoms with Crippen LogP contribution in [0.3, 0.4) is 0 Å². The summed E-state index contributed by atoms with van der Waals surface area (Å²) < 4.78 is 12.8. The van der Waals surface area contributed by atoms with E-state index in [1.165, 1.54) is 6.07 Å². The molecule has 1 aromatic rings. The van der Waals surface area contributed by atoms with Crippen LogP contribution in [-0.4, -0.2) is 17.8 Å². The van der Waals surface area contributed by atoms with Crippen LogP contribution in [-0.2, 0) is 6.42 Å². The average Bonchev–Trinajstić information content (AvgIpc) is 2.17. The number of halogens is 1. The lowest BCUT2D eigenvalue weighted by molar-refractivity contribution is 0.267. The number of anilines is 1. The van der Waals surface area contributed by atoms with Gasteiger partial charge in [-0.3, -0.25) is 0 Å². The van der Waals surface area contributed by atoms with Gasteiger partial charge in [-0.2, -0.15) is 0 Å². The molecule has 1 heterocycles. The summed E-state index contributed by atoms with van der Waals surface area (Å²) in [6.45, 7) is 0.136. The zero-order chi connectivity index (χ0) is 9.26. The standard InChI is InChI=1S/C10H12FNO/c11-8-2-4-10-7(5-8)1-3-9(6-13)12-10/h2,4-5,9,12-13H,1,3,6H2. The van der Waals surface area contributed by atoms with Gasteiger partial charge in [-0.05, 0) is 36.6 Å². The summed E-state index contributed by atoms with van der Waals surface area (Å²) in [5, 5.41) is 12.1. The van der Waals surface area contributed by atoms with Gasteiger partial charge in [-0.1, -0.05) is 0 Å². The van der Waals surface area contributed by atoms with Gasteiger partial charge < -0.3 is 10.4 Å². The molecule has 1 aromatic carbocycles. The van der Waals surface area contributed by atoms with E-state index in [2.05, 4.69) is 5.32 Å². The molecule has 2 nitrogen and oxygen atoms in total. The van der Waals surface area contributed by atoms with Crippen LogP contribution in [0.5, 0.6) is 0 Å². The van der Waals surface area contributed by atoms with Crippen LogP contribution >= 0.6 is 0 Å². The van der Waals surface area contributed by atoms with Crippen LogP contribution in [0.25, 0.3) is 0 Å². The molecule has 13 heavy (non-hydrogen) atoms. The van der Waals surface area contributed by atoms with E-state index in [4.69, 9.17) is 5.11 Å². The van der Waals surface area contributed by atoms with Crippen molar-refractivity contribution in [2.75, 3.05) is 11.9 Å². The first-order valence-corrected chi connectivity index (χ1v) is 4.45. The summed E-state index contributed by atoms with van der Waals surface area (Å²) in [6, 6.07) is 4.84. The fourth-order valence-electron chi connectivity index (χ4n) is 1.67. The lowest BCUT2D eigenvalue weighted by Crippen LogP contribution is -2.28. The molecular formula is C10H12FNO. The molecule has 1 aliphatic rings. The number of hydrogen-bond acceptors (Lipinski definition) is 2. The summed E-state index contributed by atoms with van der Waals surface area (Å²) >= 11 is 0. The van der Waals surface area contributed by atoms with Crippen molar-refractivity contribution in [3.8, 4) is 0 Å². The zero-order valence-electron chi connectivity index (χ0n) is 7.26. The maximum atomic E-state index is 12.8. The normalized spacial score (nSPS) is 20.6. The fraction of sp³-hybridized carbons (Fsp3) is 0.400. The average molecular weight is 181 g/mol. The Labute approximate surface area is 76.4 Å². The van der Waals surface area contributed by atoms with Crippen LogP contribution in [0.1, 0.15) is 12.0 Å². The van der Waals surface area contributed by atoms with E-state index in [1.807, 2.05) is 0 Å². The van der Waals surface area contributed by atoms with Crippen molar-refractivity contribution in [3.63, 3.8) is 0 Å².